The van der Waals surface area contributed by atoms with Crippen LogP contribution in [0.15, 0.2) is 54.6 Å². The minimum Gasteiger partial charge on any atom is -0.489 e. The van der Waals surface area contributed by atoms with Gasteiger partial charge < -0.3 is 9.47 Å². The van der Waals surface area contributed by atoms with Crippen molar-refractivity contribution in [2.24, 2.45) is 0 Å². The molecule has 4 rings (SSSR count). The van der Waals surface area contributed by atoms with E-state index in [4.69, 9.17) is 19.6 Å². The normalized spacial score (nSPS) is 14.7. The molecule has 1 heterocycles. The molecule has 1 aromatic heterocycles. The molecule has 6 heteroatoms. The first kappa shape index (κ1) is 22.7. The largest absolute Gasteiger partial charge is 0.489 e. The third kappa shape index (κ3) is 6.30. The second-order valence-corrected chi connectivity index (χ2v) is 15.5. The van der Waals surface area contributed by atoms with Crippen molar-refractivity contribution < 1.29 is 9.47 Å². The molecule has 0 saturated heterocycles. The maximum absolute atomic E-state index is 6.02. The molecule has 1 aliphatic carbocycles. The Labute approximate surface area is 192 Å². The predicted molar refractivity (Wildman–Crippen MR) is 132 cm³/mol. The average Bonchev–Trinajstić information content (AvgIpc) is 3.46. The van der Waals surface area contributed by atoms with Gasteiger partial charge in [0.2, 0.25) is 0 Å². The van der Waals surface area contributed by atoms with Crippen molar-refractivity contribution >= 4 is 8.07 Å². The van der Waals surface area contributed by atoms with E-state index in [1.165, 1.54) is 25.7 Å². The van der Waals surface area contributed by atoms with Crippen LogP contribution in [0.2, 0.25) is 25.7 Å². The van der Waals surface area contributed by atoms with Crippen LogP contribution in [0.5, 0.6) is 5.75 Å². The lowest BCUT2D eigenvalue weighted by Gasteiger charge is -2.15. The molecule has 0 atom stereocenters. The van der Waals surface area contributed by atoms with Crippen LogP contribution in [0.25, 0.3) is 11.4 Å². The summed E-state index contributed by atoms with van der Waals surface area (Å²) in [7, 11) is -1.11. The van der Waals surface area contributed by atoms with Crippen LogP contribution in [0.3, 0.4) is 0 Å². The van der Waals surface area contributed by atoms with Gasteiger partial charge in [0, 0.05) is 26.2 Å². The summed E-state index contributed by atoms with van der Waals surface area (Å²) in [6, 6.07) is 19.5. The molecule has 1 fully saturated rings. The van der Waals surface area contributed by atoms with Crippen molar-refractivity contribution in [3.05, 3.63) is 66.0 Å². The van der Waals surface area contributed by atoms with Crippen molar-refractivity contribution in [1.82, 2.24) is 14.8 Å². The van der Waals surface area contributed by atoms with E-state index in [1.807, 2.05) is 35.0 Å². The first-order valence-corrected chi connectivity index (χ1v) is 15.5. The Bertz CT molecular complexity index is 975. The Balaban J connectivity index is 1.46. The van der Waals surface area contributed by atoms with Crippen LogP contribution in [0.4, 0.5) is 0 Å². The molecule has 0 aliphatic heterocycles. The number of aromatic nitrogens is 3. The molecule has 170 valence electrons. The number of rotatable bonds is 10. The minimum absolute atomic E-state index is 0.450. The van der Waals surface area contributed by atoms with Crippen molar-refractivity contribution in [2.45, 2.75) is 70.6 Å². The number of nitrogens with zero attached hydrogens (tertiary/aromatic N) is 3. The Kier molecular flexibility index (Phi) is 7.43. The molecule has 32 heavy (non-hydrogen) atoms. The van der Waals surface area contributed by atoms with E-state index in [9.17, 15) is 0 Å². The molecule has 0 amide bonds. The molecule has 2 aromatic carbocycles. The van der Waals surface area contributed by atoms with E-state index in [2.05, 4.69) is 43.9 Å². The average molecular weight is 450 g/mol. The molecular weight excluding hydrogens is 414 g/mol. The fourth-order valence-corrected chi connectivity index (χ4v) is 4.75. The molecule has 1 aliphatic rings. The SMILES string of the molecule is C[Si](C)(C)CCOCn1nc(C2CCCC2)nc1-c1ccc(OCc2ccccc2)cc1. The van der Waals surface area contributed by atoms with E-state index in [-0.39, 0.29) is 0 Å². The Morgan fingerprint density at radius 2 is 1.69 bits per heavy atom. The second kappa shape index (κ2) is 10.4. The van der Waals surface area contributed by atoms with Gasteiger partial charge in [-0.05, 0) is 48.7 Å². The predicted octanol–water partition coefficient (Wildman–Crippen LogP) is 6.49. The van der Waals surface area contributed by atoms with Crippen LogP contribution < -0.4 is 4.74 Å². The first-order chi connectivity index (χ1) is 15.5. The Morgan fingerprint density at radius 1 is 0.969 bits per heavy atom. The summed E-state index contributed by atoms with van der Waals surface area (Å²) in [6.07, 6.45) is 4.92. The highest BCUT2D eigenvalue weighted by Crippen LogP contribution is 2.33. The summed E-state index contributed by atoms with van der Waals surface area (Å²) in [4.78, 5) is 4.95. The van der Waals surface area contributed by atoms with Crippen molar-refractivity contribution in [3.8, 4) is 17.1 Å². The monoisotopic (exact) mass is 449 g/mol. The number of benzene rings is 2. The molecule has 0 spiro atoms. The van der Waals surface area contributed by atoms with Crippen molar-refractivity contribution in [2.75, 3.05) is 6.61 Å². The van der Waals surface area contributed by atoms with Gasteiger partial charge in [-0.15, -0.1) is 0 Å². The van der Waals surface area contributed by atoms with Crippen LogP contribution in [-0.4, -0.2) is 29.4 Å². The summed E-state index contributed by atoms with van der Waals surface area (Å²) >= 11 is 0. The molecule has 0 radical (unpaired) electrons. The lowest BCUT2D eigenvalue weighted by Crippen LogP contribution is -2.22. The highest BCUT2D eigenvalue weighted by atomic mass is 28.3. The maximum Gasteiger partial charge on any atom is 0.160 e. The first-order valence-electron chi connectivity index (χ1n) is 11.8. The number of hydrogen-bond donors (Lipinski definition) is 0. The lowest BCUT2D eigenvalue weighted by atomic mass is 10.1. The van der Waals surface area contributed by atoms with Gasteiger partial charge >= 0.3 is 0 Å². The van der Waals surface area contributed by atoms with E-state index in [0.29, 0.717) is 19.3 Å². The highest BCUT2D eigenvalue weighted by Gasteiger charge is 2.23. The van der Waals surface area contributed by atoms with Gasteiger partial charge in [0.05, 0.1) is 0 Å². The Morgan fingerprint density at radius 3 is 2.38 bits per heavy atom. The summed E-state index contributed by atoms with van der Waals surface area (Å²) in [5.41, 5.74) is 2.20. The zero-order valence-electron chi connectivity index (χ0n) is 19.6. The van der Waals surface area contributed by atoms with Gasteiger partial charge in [0.15, 0.2) is 11.6 Å². The summed E-state index contributed by atoms with van der Waals surface area (Å²) < 4.78 is 13.9. The standard InChI is InChI=1S/C26H35N3O2Si/c1-32(2,3)18-17-30-20-29-26(27-25(28-29)22-11-7-8-12-22)23-13-15-24(16-14-23)31-19-21-9-5-4-6-10-21/h4-6,9-10,13-16,22H,7-8,11-12,17-20H2,1-3H3. The molecule has 0 N–H and O–H groups in total. The van der Waals surface area contributed by atoms with Crippen molar-refractivity contribution in [3.63, 3.8) is 0 Å². The lowest BCUT2D eigenvalue weighted by molar-refractivity contribution is 0.0792. The van der Waals surface area contributed by atoms with Crippen LogP contribution >= 0.6 is 0 Å². The number of ether oxygens (including phenoxy) is 2. The topological polar surface area (TPSA) is 49.2 Å². The fraction of sp³-hybridized carbons (Fsp3) is 0.462. The highest BCUT2D eigenvalue weighted by molar-refractivity contribution is 6.76. The fourth-order valence-electron chi connectivity index (χ4n) is 3.99. The minimum atomic E-state index is -1.11. The van der Waals surface area contributed by atoms with E-state index < -0.39 is 8.07 Å². The van der Waals surface area contributed by atoms with Crippen LogP contribution in [-0.2, 0) is 18.1 Å². The van der Waals surface area contributed by atoms with Crippen molar-refractivity contribution in [1.29, 1.82) is 0 Å². The van der Waals surface area contributed by atoms with Gasteiger partial charge in [-0.3, -0.25) is 0 Å². The van der Waals surface area contributed by atoms with Crippen LogP contribution in [0, 0.1) is 0 Å². The summed E-state index contributed by atoms with van der Waals surface area (Å²) in [6.45, 7) is 8.91. The smallest absolute Gasteiger partial charge is 0.160 e. The zero-order chi connectivity index (χ0) is 22.4. The van der Waals surface area contributed by atoms with E-state index >= 15 is 0 Å². The van der Waals surface area contributed by atoms with Gasteiger partial charge in [-0.25, -0.2) is 9.67 Å². The van der Waals surface area contributed by atoms with E-state index in [1.54, 1.807) is 0 Å². The molecule has 0 bridgehead atoms. The van der Waals surface area contributed by atoms with Gasteiger partial charge in [0.25, 0.3) is 0 Å². The van der Waals surface area contributed by atoms with Gasteiger partial charge in [-0.2, -0.15) is 5.10 Å². The Hall–Kier alpha value is -2.44. The molecule has 5 nitrogen and oxygen atoms in total. The van der Waals surface area contributed by atoms with Crippen LogP contribution in [0.1, 0.15) is 43.0 Å². The summed E-state index contributed by atoms with van der Waals surface area (Å²) in [5, 5.41) is 4.86. The van der Waals surface area contributed by atoms with Gasteiger partial charge in [0.1, 0.15) is 19.1 Å². The molecule has 1 saturated carbocycles. The van der Waals surface area contributed by atoms with E-state index in [0.717, 1.165) is 41.2 Å². The zero-order valence-corrected chi connectivity index (χ0v) is 20.6. The van der Waals surface area contributed by atoms with Gasteiger partial charge in [-0.1, -0.05) is 62.8 Å². The molecule has 0 unspecified atom stereocenters. The molecule has 3 aromatic rings. The quantitative estimate of drug-likeness (QED) is 0.262. The third-order valence-corrected chi connectivity index (χ3v) is 7.68. The maximum atomic E-state index is 6.02. The third-order valence-electron chi connectivity index (χ3n) is 5.98. The summed E-state index contributed by atoms with van der Waals surface area (Å²) in [5.74, 6) is 3.18. The second-order valence-electron chi connectivity index (χ2n) is 9.92. The molecular formula is C26H35N3O2Si. The number of hydrogen-bond acceptors (Lipinski definition) is 4.